The molecular formula is C21H36O3SSi. The Morgan fingerprint density at radius 1 is 1.08 bits per heavy atom. The second-order valence-electron chi connectivity index (χ2n) is 8.87. The second-order valence-corrected chi connectivity index (χ2v) is 14.7. The van der Waals surface area contributed by atoms with Crippen LogP contribution in [-0.4, -0.2) is 21.8 Å². The van der Waals surface area contributed by atoms with Crippen LogP contribution in [0.25, 0.3) is 0 Å². The van der Waals surface area contributed by atoms with Crippen LogP contribution in [-0.2, 0) is 15.5 Å². The molecule has 0 heterocycles. The predicted molar refractivity (Wildman–Crippen MR) is 116 cm³/mol. The van der Waals surface area contributed by atoms with Crippen LogP contribution in [0.15, 0.2) is 30.9 Å². The van der Waals surface area contributed by atoms with Gasteiger partial charge in [-0.15, -0.1) is 6.58 Å². The highest BCUT2D eigenvalue weighted by Gasteiger charge is 2.36. The van der Waals surface area contributed by atoms with Crippen LogP contribution in [0, 0.1) is 5.92 Å². The molecule has 148 valence electrons. The fourth-order valence-electron chi connectivity index (χ4n) is 3.92. The molecule has 1 aromatic rings. The predicted octanol–water partition coefficient (Wildman–Crippen LogP) is 4.99. The van der Waals surface area contributed by atoms with Gasteiger partial charge in [-0.05, 0) is 33.5 Å². The zero-order valence-corrected chi connectivity index (χ0v) is 19.5. The lowest BCUT2D eigenvalue weighted by Crippen LogP contribution is -2.46. The fourth-order valence-corrected chi connectivity index (χ4v) is 9.17. The fraction of sp³-hybridized carbons (Fsp3) is 0.619. The first kappa shape index (κ1) is 23.1. The van der Waals surface area contributed by atoms with Crippen molar-refractivity contribution in [3.63, 3.8) is 0 Å². The highest BCUT2D eigenvalue weighted by Crippen LogP contribution is 2.36. The maximum Gasteiger partial charge on any atom is 0.275 e. The number of hydrogen-bond acceptors (Lipinski definition) is 2. The Bertz CT molecular complexity index is 726. The lowest BCUT2D eigenvalue weighted by Gasteiger charge is -2.38. The van der Waals surface area contributed by atoms with E-state index >= 15 is 0 Å². The summed E-state index contributed by atoms with van der Waals surface area (Å²) in [5.41, 5.74) is 2.80. The Morgan fingerprint density at radius 2 is 1.58 bits per heavy atom. The van der Waals surface area contributed by atoms with Crippen LogP contribution >= 0.6 is 0 Å². The monoisotopic (exact) mass is 396 g/mol. The molecule has 0 spiro atoms. The molecule has 0 aliphatic rings. The van der Waals surface area contributed by atoms with Crippen molar-refractivity contribution in [2.75, 3.05) is 0 Å². The van der Waals surface area contributed by atoms with Gasteiger partial charge < -0.3 is 0 Å². The van der Waals surface area contributed by atoms with Gasteiger partial charge in [0.05, 0.1) is 8.80 Å². The molecule has 1 aromatic carbocycles. The Labute approximate surface area is 162 Å². The quantitative estimate of drug-likeness (QED) is 0.383. The summed E-state index contributed by atoms with van der Waals surface area (Å²) >= 11 is 0. The second kappa shape index (κ2) is 8.40. The van der Waals surface area contributed by atoms with Gasteiger partial charge in [-0.25, -0.2) is 0 Å². The average Bonchev–Trinajstić information content (AvgIpc) is 2.46. The van der Waals surface area contributed by atoms with Crippen molar-refractivity contribution in [1.82, 2.24) is 0 Å². The van der Waals surface area contributed by atoms with E-state index in [1.807, 2.05) is 12.1 Å². The molecule has 3 nitrogen and oxygen atoms in total. The first-order valence-electron chi connectivity index (χ1n) is 9.48. The van der Waals surface area contributed by atoms with Gasteiger partial charge >= 0.3 is 0 Å². The van der Waals surface area contributed by atoms with Gasteiger partial charge in [0.15, 0.2) is 0 Å². The molecule has 5 heteroatoms. The van der Waals surface area contributed by atoms with Crippen molar-refractivity contribution in [3.05, 3.63) is 42.0 Å². The van der Waals surface area contributed by atoms with Gasteiger partial charge in [0.2, 0.25) is 0 Å². The van der Waals surface area contributed by atoms with E-state index in [2.05, 4.69) is 68.0 Å². The van der Waals surface area contributed by atoms with E-state index in [4.69, 9.17) is 0 Å². The van der Waals surface area contributed by atoms with E-state index in [1.165, 1.54) is 16.8 Å². The lowest BCUT2D eigenvalue weighted by atomic mass is 9.74. The maximum atomic E-state index is 12.1. The molecular weight excluding hydrogens is 360 g/mol. The molecule has 0 bridgehead atoms. The molecule has 0 aliphatic carbocycles. The third-order valence-corrected chi connectivity index (χ3v) is 11.2. The summed E-state index contributed by atoms with van der Waals surface area (Å²) in [7, 11) is -5.78. The summed E-state index contributed by atoms with van der Waals surface area (Å²) in [6.07, 6.45) is 1.35. The van der Waals surface area contributed by atoms with Crippen LogP contribution < -0.4 is 5.19 Å². The largest absolute Gasteiger partial charge is 0.285 e. The standard InChI is InChI=1S/C21H36O3SSi/c1-10-19(25(22,23)24)17-12-11-13-18(21(8,9)14(2)3)20(17)26(15(4)5)16(6)7/h10-16,19,26H,1H2,2-9H3,(H,22,23,24). The minimum absolute atomic E-state index is 0.0920. The van der Waals surface area contributed by atoms with Crippen LogP contribution in [0.3, 0.4) is 0 Å². The maximum absolute atomic E-state index is 12.1. The normalized spacial score (nSPS) is 14.5. The Kier molecular flexibility index (Phi) is 7.47. The average molecular weight is 397 g/mol. The van der Waals surface area contributed by atoms with Crippen molar-refractivity contribution < 1.29 is 13.0 Å². The van der Waals surface area contributed by atoms with Crippen molar-refractivity contribution in [2.45, 2.75) is 77.1 Å². The number of rotatable bonds is 8. The van der Waals surface area contributed by atoms with Crippen LogP contribution in [0.5, 0.6) is 0 Å². The third-order valence-electron chi connectivity index (χ3n) is 5.89. The molecule has 0 fully saturated rings. The van der Waals surface area contributed by atoms with Gasteiger partial charge in [-0.1, -0.05) is 84.9 Å². The van der Waals surface area contributed by atoms with E-state index in [-0.39, 0.29) is 5.41 Å². The minimum Gasteiger partial charge on any atom is -0.285 e. The highest BCUT2D eigenvalue weighted by atomic mass is 32.2. The Hall–Kier alpha value is -0.913. The zero-order valence-electron chi connectivity index (χ0n) is 17.6. The molecule has 0 saturated carbocycles. The zero-order chi connectivity index (χ0) is 20.4. The van der Waals surface area contributed by atoms with Gasteiger partial charge in [-0.3, -0.25) is 4.55 Å². The lowest BCUT2D eigenvalue weighted by molar-refractivity contribution is 0.373. The summed E-state index contributed by atoms with van der Waals surface area (Å²) in [5.74, 6) is 0.401. The van der Waals surface area contributed by atoms with E-state index in [0.717, 1.165) is 0 Å². The molecule has 1 unspecified atom stereocenters. The van der Waals surface area contributed by atoms with Gasteiger partial charge in [0.1, 0.15) is 5.25 Å². The molecule has 0 aromatic heterocycles. The summed E-state index contributed by atoms with van der Waals surface area (Å²) in [6.45, 7) is 21.5. The SMILES string of the molecule is C=CC(c1cccc(C(C)(C)C(C)C)c1[SiH](C(C)C)C(C)C)S(=O)(=O)O. The van der Waals surface area contributed by atoms with Gasteiger partial charge in [-0.2, -0.15) is 8.42 Å². The first-order valence-corrected chi connectivity index (χ1v) is 12.9. The number of benzene rings is 1. The van der Waals surface area contributed by atoms with Crippen molar-refractivity contribution in [1.29, 1.82) is 0 Å². The van der Waals surface area contributed by atoms with Crippen molar-refractivity contribution in [2.24, 2.45) is 5.92 Å². The Balaban J connectivity index is 3.97. The van der Waals surface area contributed by atoms with Crippen LogP contribution in [0.2, 0.25) is 11.1 Å². The number of hydrogen-bond donors (Lipinski definition) is 1. The smallest absolute Gasteiger partial charge is 0.275 e. The van der Waals surface area contributed by atoms with Crippen molar-refractivity contribution in [3.8, 4) is 0 Å². The summed E-state index contributed by atoms with van der Waals surface area (Å²) in [6, 6.07) is 5.93. The topological polar surface area (TPSA) is 54.4 Å². The van der Waals surface area contributed by atoms with E-state index in [0.29, 0.717) is 22.6 Å². The summed E-state index contributed by atoms with van der Waals surface area (Å²) < 4.78 is 34.0. The summed E-state index contributed by atoms with van der Waals surface area (Å²) in [5, 5.41) is 0.117. The molecule has 0 saturated heterocycles. The van der Waals surface area contributed by atoms with Gasteiger partial charge in [0.25, 0.3) is 10.1 Å². The van der Waals surface area contributed by atoms with Gasteiger partial charge in [0, 0.05) is 0 Å². The molecule has 0 amide bonds. The molecule has 0 aliphatic heterocycles. The molecule has 1 rings (SSSR count). The molecule has 26 heavy (non-hydrogen) atoms. The highest BCUT2D eigenvalue weighted by molar-refractivity contribution is 7.86. The molecule has 0 radical (unpaired) electrons. The minimum atomic E-state index is -4.25. The van der Waals surface area contributed by atoms with E-state index in [1.54, 1.807) is 0 Å². The summed E-state index contributed by atoms with van der Waals surface area (Å²) in [4.78, 5) is 0. The van der Waals surface area contributed by atoms with Crippen LogP contribution in [0.1, 0.15) is 71.8 Å². The van der Waals surface area contributed by atoms with E-state index in [9.17, 15) is 13.0 Å². The van der Waals surface area contributed by atoms with E-state index < -0.39 is 24.2 Å². The third kappa shape index (κ3) is 4.67. The first-order chi connectivity index (χ1) is 11.8. The molecule has 1 N–H and O–H groups in total. The van der Waals surface area contributed by atoms with Crippen molar-refractivity contribution >= 4 is 24.1 Å². The van der Waals surface area contributed by atoms with Crippen LogP contribution in [0.4, 0.5) is 0 Å². The molecule has 1 atom stereocenters. The Morgan fingerprint density at radius 3 is 1.92 bits per heavy atom.